The van der Waals surface area contributed by atoms with E-state index in [2.05, 4.69) is 10.5 Å². The van der Waals surface area contributed by atoms with E-state index in [9.17, 15) is 20.0 Å². The van der Waals surface area contributed by atoms with Crippen molar-refractivity contribution < 1.29 is 19.3 Å². The van der Waals surface area contributed by atoms with Crippen molar-refractivity contribution in [1.82, 2.24) is 5.16 Å². The van der Waals surface area contributed by atoms with E-state index in [1.165, 1.54) is 6.07 Å². The van der Waals surface area contributed by atoms with Gasteiger partial charge in [0, 0.05) is 17.5 Å². The van der Waals surface area contributed by atoms with Crippen LogP contribution in [0.5, 0.6) is 5.75 Å². The van der Waals surface area contributed by atoms with Crippen LogP contribution in [0, 0.1) is 17.0 Å². The van der Waals surface area contributed by atoms with Gasteiger partial charge in [-0.2, -0.15) is 0 Å². The Labute approximate surface area is 136 Å². The molecule has 2 N–H and O–H groups in total. The molecule has 0 bridgehead atoms. The van der Waals surface area contributed by atoms with Crippen LogP contribution >= 0.6 is 11.6 Å². The fraction of sp³-hybridized carbons (Fsp3) is 0.286. The first-order chi connectivity index (χ1) is 10.8. The summed E-state index contributed by atoms with van der Waals surface area (Å²) in [4.78, 5) is 22.5. The Morgan fingerprint density at radius 1 is 1.52 bits per heavy atom. The highest BCUT2D eigenvalue weighted by Gasteiger charge is 2.24. The number of carbonyl (C=O) groups is 1. The Balaban J connectivity index is 2.38. The zero-order valence-electron chi connectivity index (χ0n) is 12.4. The van der Waals surface area contributed by atoms with E-state index >= 15 is 0 Å². The largest absolute Gasteiger partial charge is 0.501 e. The van der Waals surface area contributed by atoms with Crippen LogP contribution in [0.3, 0.4) is 0 Å². The summed E-state index contributed by atoms with van der Waals surface area (Å²) in [6.07, 6.45) is 1.27. The van der Waals surface area contributed by atoms with Crippen molar-refractivity contribution in [3.8, 4) is 5.75 Å². The molecular formula is C14H14ClN3O5. The second-order valence-electron chi connectivity index (χ2n) is 4.85. The minimum atomic E-state index is -0.788. The van der Waals surface area contributed by atoms with Gasteiger partial charge in [0.1, 0.15) is 11.3 Å². The lowest BCUT2D eigenvalue weighted by molar-refractivity contribution is -0.385. The summed E-state index contributed by atoms with van der Waals surface area (Å²) < 4.78 is 5.10. The van der Waals surface area contributed by atoms with E-state index in [1.54, 1.807) is 6.92 Å². The number of benzene rings is 1. The van der Waals surface area contributed by atoms with Crippen LogP contribution in [-0.4, -0.2) is 21.1 Å². The van der Waals surface area contributed by atoms with Gasteiger partial charge in [-0.05, 0) is 19.4 Å². The van der Waals surface area contributed by atoms with Crippen molar-refractivity contribution in [1.29, 1.82) is 0 Å². The van der Waals surface area contributed by atoms with E-state index in [1.807, 2.05) is 6.92 Å². The zero-order valence-corrected chi connectivity index (χ0v) is 13.2. The van der Waals surface area contributed by atoms with Crippen LogP contribution < -0.4 is 5.32 Å². The van der Waals surface area contributed by atoms with Crippen molar-refractivity contribution >= 4 is 28.9 Å². The molecule has 0 saturated carbocycles. The second kappa shape index (κ2) is 6.66. The van der Waals surface area contributed by atoms with Gasteiger partial charge in [-0.3, -0.25) is 14.9 Å². The van der Waals surface area contributed by atoms with Crippen molar-refractivity contribution in [3.63, 3.8) is 0 Å². The first-order valence-electron chi connectivity index (χ1n) is 6.78. The summed E-state index contributed by atoms with van der Waals surface area (Å²) >= 11 is 5.79. The number of aromatic hydroxyl groups is 1. The minimum absolute atomic E-state index is 0.0145. The van der Waals surface area contributed by atoms with Crippen molar-refractivity contribution in [2.45, 2.75) is 26.7 Å². The smallest absolute Gasteiger partial charge is 0.314 e. The Morgan fingerprint density at radius 2 is 2.22 bits per heavy atom. The summed E-state index contributed by atoms with van der Waals surface area (Å²) in [5, 5.41) is 27.0. The van der Waals surface area contributed by atoms with E-state index in [0.717, 1.165) is 12.5 Å². The molecule has 0 fully saturated rings. The number of anilines is 1. The highest BCUT2D eigenvalue weighted by atomic mass is 35.5. The maximum Gasteiger partial charge on any atom is 0.314 e. The number of amides is 1. The number of phenolic OH excluding ortho intramolecular Hbond substituents is 1. The lowest BCUT2D eigenvalue weighted by atomic mass is 10.1. The van der Waals surface area contributed by atoms with Gasteiger partial charge >= 0.3 is 5.69 Å². The molecule has 1 amide bonds. The quantitative estimate of drug-likeness (QED) is 0.489. The first-order valence-corrected chi connectivity index (χ1v) is 7.16. The monoisotopic (exact) mass is 339 g/mol. The molecule has 1 aromatic heterocycles. The van der Waals surface area contributed by atoms with Gasteiger partial charge in [0.15, 0.2) is 0 Å². The maximum atomic E-state index is 12.4. The van der Waals surface area contributed by atoms with Gasteiger partial charge in [0.05, 0.1) is 16.3 Å². The standard InChI is InChI=1S/C14H14ClN3O5/c1-3-4-11-12(7(2)17-23-11)14(20)16-9-5-8(15)6-10(13(9)19)18(21)22/h5-6,19H,3-4H2,1-2H3,(H,16,20). The van der Waals surface area contributed by atoms with Crippen molar-refractivity contribution in [3.05, 3.63) is 44.3 Å². The highest BCUT2D eigenvalue weighted by Crippen LogP contribution is 2.37. The van der Waals surface area contributed by atoms with Crippen LogP contribution in [0.1, 0.15) is 35.2 Å². The number of hydrogen-bond donors (Lipinski definition) is 2. The molecule has 1 aromatic carbocycles. The van der Waals surface area contributed by atoms with Crippen molar-refractivity contribution in [2.24, 2.45) is 0 Å². The van der Waals surface area contributed by atoms with Gasteiger partial charge in [-0.25, -0.2) is 0 Å². The number of carbonyl (C=O) groups excluding carboxylic acids is 1. The SMILES string of the molecule is CCCc1onc(C)c1C(=O)Nc1cc(Cl)cc([N+](=O)[O-])c1O. The highest BCUT2D eigenvalue weighted by molar-refractivity contribution is 6.31. The van der Waals surface area contributed by atoms with Crippen LogP contribution in [0.2, 0.25) is 5.02 Å². The minimum Gasteiger partial charge on any atom is -0.501 e. The topological polar surface area (TPSA) is 119 Å². The van der Waals surface area contributed by atoms with Gasteiger partial charge in [0.25, 0.3) is 5.91 Å². The molecule has 0 spiro atoms. The number of nitrogens with zero attached hydrogens (tertiary/aromatic N) is 2. The molecule has 1 heterocycles. The molecule has 0 aliphatic carbocycles. The van der Waals surface area contributed by atoms with E-state index in [0.29, 0.717) is 17.9 Å². The maximum absolute atomic E-state index is 12.4. The van der Waals surface area contributed by atoms with Gasteiger partial charge in [0.2, 0.25) is 5.75 Å². The summed E-state index contributed by atoms with van der Waals surface area (Å²) in [6.45, 7) is 3.53. The number of aromatic nitrogens is 1. The second-order valence-corrected chi connectivity index (χ2v) is 5.28. The van der Waals surface area contributed by atoms with Crippen LogP contribution in [-0.2, 0) is 6.42 Å². The number of rotatable bonds is 5. The molecule has 0 aliphatic heterocycles. The third-order valence-electron chi connectivity index (χ3n) is 3.14. The van der Waals surface area contributed by atoms with Crippen LogP contribution in [0.25, 0.3) is 0 Å². The third-order valence-corrected chi connectivity index (χ3v) is 3.36. The number of hydrogen-bond acceptors (Lipinski definition) is 6. The lowest BCUT2D eigenvalue weighted by Crippen LogP contribution is -2.14. The summed E-state index contributed by atoms with van der Waals surface area (Å²) in [6, 6.07) is 2.23. The summed E-state index contributed by atoms with van der Waals surface area (Å²) in [5.41, 5.74) is -0.114. The number of halogens is 1. The van der Waals surface area contributed by atoms with E-state index < -0.39 is 22.3 Å². The number of nitro benzene ring substituents is 1. The Hall–Kier alpha value is -2.61. The summed E-state index contributed by atoms with van der Waals surface area (Å²) in [5.74, 6) is -0.837. The van der Waals surface area contributed by atoms with Gasteiger partial charge in [-0.15, -0.1) is 0 Å². The fourth-order valence-corrected chi connectivity index (χ4v) is 2.32. The fourth-order valence-electron chi connectivity index (χ4n) is 2.11. The third kappa shape index (κ3) is 3.42. The molecule has 2 rings (SSSR count). The average molecular weight is 340 g/mol. The number of aryl methyl sites for hydroxylation is 2. The molecule has 8 nitrogen and oxygen atoms in total. The number of phenols is 1. The Morgan fingerprint density at radius 3 is 2.83 bits per heavy atom. The number of nitro groups is 1. The Kier molecular flexibility index (Phi) is 4.85. The molecule has 0 saturated heterocycles. The molecule has 9 heteroatoms. The average Bonchev–Trinajstić information content (AvgIpc) is 2.83. The molecule has 122 valence electrons. The molecular weight excluding hydrogens is 326 g/mol. The zero-order chi connectivity index (χ0) is 17.1. The summed E-state index contributed by atoms with van der Waals surface area (Å²) in [7, 11) is 0. The van der Waals surface area contributed by atoms with Gasteiger partial charge in [-0.1, -0.05) is 23.7 Å². The number of nitrogens with one attached hydrogen (secondary N) is 1. The normalized spacial score (nSPS) is 10.6. The van der Waals surface area contributed by atoms with E-state index in [-0.39, 0.29) is 16.3 Å². The molecule has 0 aliphatic rings. The van der Waals surface area contributed by atoms with Crippen molar-refractivity contribution in [2.75, 3.05) is 5.32 Å². The predicted octanol–water partition coefficient (Wildman–Crippen LogP) is 3.46. The van der Waals surface area contributed by atoms with Crippen LogP contribution in [0.15, 0.2) is 16.7 Å². The molecule has 0 unspecified atom stereocenters. The first kappa shape index (κ1) is 16.8. The molecule has 0 radical (unpaired) electrons. The molecule has 0 atom stereocenters. The predicted molar refractivity (Wildman–Crippen MR) is 83.0 cm³/mol. The van der Waals surface area contributed by atoms with Gasteiger partial charge < -0.3 is 14.9 Å². The molecule has 2 aromatic rings. The lowest BCUT2D eigenvalue weighted by Gasteiger charge is -2.08. The van der Waals surface area contributed by atoms with Crippen LogP contribution in [0.4, 0.5) is 11.4 Å². The Bertz CT molecular complexity index is 772. The molecule has 23 heavy (non-hydrogen) atoms. The van der Waals surface area contributed by atoms with E-state index in [4.69, 9.17) is 16.1 Å².